The molecule has 0 aliphatic heterocycles. The third-order valence-corrected chi connectivity index (χ3v) is 4.15. The molecule has 18 heavy (non-hydrogen) atoms. The quantitative estimate of drug-likeness (QED) is 0.807. The van der Waals surface area contributed by atoms with Gasteiger partial charge in [-0.05, 0) is 12.8 Å². The first-order valence-corrected chi connectivity index (χ1v) is 6.26. The third kappa shape index (κ3) is 1.71. The zero-order chi connectivity index (χ0) is 12.8. The standard InChI is InChI=1S/C14H14F2O2/c15-9-5-10(16)7-11(6-9)18-13-8-12(17)14(13)3-1-2-4-14/h5-7,13H,1-4,8H2. The lowest BCUT2D eigenvalue weighted by Crippen LogP contribution is -2.55. The molecule has 1 atom stereocenters. The van der Waals surface area contributed by atoms with Crippen LogP contribution in [0.4, 0.5) is 8.78 Å². The van der Waals surface area contributed by atoms with E-state index < -0.39 is 11.6 Å². The molecule has 0 heterocycles. The number of rotatable bonds is 2. The fourth-order valence-electron chi connectivity index (χ4n) is 3.14. The van der Waals surface area contributed by atoms with Crippen molar-refractivity contribution in [3.05, 3.63) is 29.8 Å². The molecule has 2 saturated carbocycles. The molecule has 0 aromatic heterocycles. The summed E-state index contributed by atoms with van der Waals surface area (Å²) in [5, 5.41) is 0. The van der Waals surface area contributed by atoms with Gasteiger partial charge in [0, 0.05) is 24.6 Å². The summed E-state index contributed by atoms with van der Waals surface area (Å²) in [7, 11) is 0. The first-order valence-electron chi connectivity index (χ1n) is 6.26. The van der Waals surface area contributed by atoms with Crippen molar-refractivity contribution in [2.24, 2.45) is 5.41 Å². The summed E-state index contributed by atoms with van der Waals surface area (Å²) in [5.74, 6) is -0.898. The maximum absolute atomic E-state index is 13.1. The molecule has 2 nitrogen and oxygen atoms in total. The van der Waals surface area contributed by atoms with Crippen LogP contribution in [-0.2, 0) is 4.79 Å². The largest absolute Gasteiger partial charge is 0.489 e. The summed E-state index contributed by atoms with van der Waals surface area (Å²) in [6.45, 7) is 0. The molecule has 2 aliphatic rings. The Bertz CT molecular complexity index is 472. The van der Waals surface area contributed by atoms with Crippen LogP contribution < -0.4 is 4.74 Å². The lowest BCUT2D eigenvalue weighted by atomic mass is 9.63. The van der Waals surface area contributed by atoms with Crippen LogP contribution in [0.2, 0.25) is 0 Å². The average Bonchev–Trinajstić information content (AvgIpc) is 2.79. The topological polar surface area (TPSA) is 26.3 Å². The van der Waals surface area contributed by atoms with Crippen LogP contribution in [0, 0.1) is 17.0 Å². The molecule has 0 bridgehead atoms. The molecule has 0 amide bonds. The number of halogens is 2. The van der Waals surface area contributed by atoms with Gasteiger partial charge in [0.1, 0.15) is 29.3 Å². The lowest BCUT2D eigenvalue weighted by Gasteiger charge is -2.44. The van der Waals surface area contributed by atoms with E-state index in [4.69, 9.17) is 4.74 Å². The molecule has 4 heteroatoms. The molecule has 2 aliphatic carbocycles. The van der Waals surface area contributed by atoms with Crippen molar-refractivity contribution in [3.8, 4) is 5.75 Å². The van der Waals surface area contributed by atoms with E-state index in [0.717, 1.165) is 43.9 Å². The molecular weight excluding hydrogens is 238 g/mol. The highest BCUT2D eigenvalue weighted by Crippen LogP contribution is 2.51. The van der Waals surface area contributed by atoms with Crippen molar-refractivity contribution >= 4 is 5.78 Å². The van der Waals surface area contributed by atoms with Gasteiger partial charge in [-0.3, -0.25) is 4.79 Å². The van der Waals surface area contributed by atoms with Crippen molar-refractivity contribution < 1.29 is 18.3 Å². The van der Waals surface area contributed by atoms with Gasteiger partial charge in [-0.2, -0.15) is 0 Å². The van der Waals surface area contributed by atoms with Gasteiger partial charge < -0.3 is 4.74 Å². The summed E-state index contributed by atoms with van der Waals surface area (Å²) < 4.78 is 31.7. The van der Waals surface area contributed by atoms with E-state index in [9.17, 15) is 13.6 Å². The van der Waals surface area contributed by atoms with E-state index in [1.54, 1.807) is 0 Å². The van der Waals surface area contributed by atoms with Gasteiger partial charge in [0.15, 0.2) is 0 Å². The van der Waals surface area contributed by atoms with Crippen LogP contribution in [0.3, 0.4) is 0 Å². The smallest absolute Gasteiger partial charge is 0.146 e. The molecule has 0 radical (unpaired) electrons. The summed E-state index contributed by atoms with van der Waals surface area (Å²) in [6.07, 6.45) is 3.89. The van der Waals surface area contributed by atoms with E-state index in [-0.39, 0.29) is 23.1 Å². The first kappa shape index (κ1) is 11.6. The van der Waals surface area contributed by atoms with Gasteiger partial charge in [0.2, 0.25) is 0 Å². The van der Waals surface area contributed by atoms with Crippen LogP contribution in [0.5, 0.6) is 5.75 Å². The molecule has 0 N–H and O–H groups in total. The van der Waals surface area contributed by atoms with Crippen molar-refractivity contribution in [1.82, 2.24) is 0 Å². The molecule has 1 spiro atoms. The second-order valence-electron chi connectivity index (χ2n) is 5.20. The zero-order valence-corrected chi connectivity index (χ0v) is 9.92. The molecule has 0 saturated heterocycles. The van der Waals surface area contributed by atoms with E-state index in [2.05, 4.69) is 0 Å². The van der Waals surface area contributed by atoms with E-state index >= 15 is 0 Å². The molecule has 3 rings (SSSR count). The molecule has 1 aromatic rings. The first-order chi connectivity index (χ1) is 8.60. The fraction of sp³-hybridized carbons (Fsp3) is 0.500. The minimum atomic E-state index is -0.656. The number of carbonyl (C=O) groups excluding carboxylic acids is 1. The summed E-state index contributed by atoms with van der Waals surface area (Å²) in [6, 6.07) is 3.13. The minimum Gasteiger partial charge on any atom is -0.489 e. The highest BCUT2D eigenvalue weighted by molar-refractivity contribution is 5.92. The Morgan fingerprint density at radius 2 is 1.72 bits per heavy atom. The number of benzene rings is 1. The Balaban J connectivity index is 1.79. The van der Waals surface area contributed by atoms with Gasteiger partial charge in [-0.25, -0.2) is 8.78 Å². The highest BCUT2D eigenvalue weighted by atomic mass is 19.1. The van der Waals surface area contributed by atoms with Gasteiger partial charge in [0.25, 0.3) is 0 Å². The highest BCUT2D eigenvalue weighted by Gasteiger charge is 2.57. The zero-order valence-electron chi connectivity index (χ0n) is 9.92. The van der Waals surface area contributed by atoms with Gasteiger partial charge >= 0.3 is 0 Å². The Kier molecular flexibility index (Phi) is 2.61. The molecule has 1 unspecified atom stereocenters. The number of hydrogen-bond donors (Lipinski definition) is 0. The molecule has 96 valence electrons. The fourth-order valence-corrected chi connectivity index (χ4v) is 3.14. The predicted octanol–water partition coefficient (Wildman–Crippen LogP) is 3.25. The van der Waals surface area contributed by atoms with Gasteiger partial charge in [0.05, 0.1) is 5.41 Å². The SMILES string of the molecule is O=C1CC(Oc2cc(F)cc(F)c2)C12CCCC2. The maximum Gasteiger partial charge on any atom is 0.146 e. The second-order valence-corrected chi connectivity index (χ2v) is 5.20. The van der Waals surface area contributed by atoms with Crippen molar-refractivity contribution in [3.63, 3.8) is 0 Å². The Morgan fingerprint density at radius 3 is 2.28 bits per heavy atom. The maximum atomic E-state index is 13.1. The minimum absolute atomic E-state index is 0.177. The van der Waals surface area contributed by atoms with E-state index in [1.165, 1.54) is 0 Å². The van der Waals surface area contributed by atoms with Gasteiger partial charge in [-0.1, -0.05) is 12.8 Å². The van der Waals surface area contributed by atoms with Crippen LogP contribution in [0.15, 0.2) is 18.2 Å². The van der Waals surface area contributed by atoms with Crippen LogP contribution in [-0.4, -0.2) is 11.9 Å². The average molecular weight is 252 g/mol. The van der Waals surface area contributed by atoms with E-state index in [0.29, 0.717) is 6.42 Å². The normalized spacial score (nSPS) is 25.2. The monoisotopic (exact) mass is 252 g/mol. The third-order valence-electron chi connectivity index (χ3n) is 4.15. The van der Waals surface area contributed by atoms with Crippen LogP contribution in [0.25, 0.3) is 0 Å². The van der Waals surface area contributed by atoms with Crippen LogP contribution >= 0.6 is 0 Å². The Labute approximate surface area is 104 Å². The van der Waals surface area contributed by atoms with Crippen LogP contribution in [0.1, 0.15) is 32.1 Å². The molecular formula is C14H14F2O2. The summed E-state index contributed by atoms with van der Waals surface area (Å²) >= 11 is 0. The number of ether oxygens (including phenoxy) is 1. The number of carbonyl (C=O) groups is 1. The Morgan fingerprint density at radius 1 is 1.11 bits per heavy atom. The number of hydrogen-bond acceptors (Lipinski definition) is 2. The number of ketones is 1. The predicted molar refractivity (Wildman–Crippen MR) is 61.3 cm³/mol. The molecule has 1 aromatic carbocycles. The van der Waals surface area contributed by atoms with Crippen molar-refractivity contribution in [2.75, 3.05) is 0 Å². The number of Topliss-reactive ketones (excluding diaryl/α,β-unsaturated/α-hetero) is 1. The van der Waals surface area contributed by atoms with E-state index in [1.807, 2.05) is 0 Å². The summed E-state index contributed by atoms with van der Waals surface area (Å²) in [5.41, 5.74) is -0.372. The second kappa shape index (κ2) is 4.04. The van der Waals surface area contributed by atoms with Crippen molar-refractivity contribution in [2.45, 2.75) is 38.2 Å². The molecule has 2 fully saturated rings. The lowest BCUT2D eigenvalue weighted by molar-refractivity contribution is -0.151. The summed E-state index contributed by atoms with van der Waals surface area (Å²) in [4.78, 5) is 11.8. The Hall–Kier alpha value is -1.45. The van der Waals surface area contributed by atoms with Gasteiger partial charge in [-0.15, -0.1) is 0 Å². The van der Waals surface area contributed by atoms with Crippen molar-refractivity contribution in [1.29, 1.82) is 0 Å².